The summed E-state index contributed by atoms with van der Waals surface area (Å²) in [5.74, 6) is 0.350. The summed E-state index contributed by atoms with van der Waals surface area (Å²) in [7, 11) is 0. The zero-order valence-electron chi connectivity index (χ0n) is 35.5. The molecule has 10 rings (SSSR count). The van der Waals surface area contributed by atoms with Crippen molar-refractivity contribution in [2.45, 2.75) is 24.9 Å². The summed E-state index contributed by atoms with van der Waals surface area (Å²) < 4.78 is 46.6. The van der Waals surface area contributed by atoms with Crippen molar-refractivity contribution in [2.24, 2.45) is 11.5 Å². The molecule has 334 valence electrons. The van der Waals surface area contributed by atoms with Crippen molar-refractivity contribution in [2.75, 3.05) is 72.0 Å². The van der Waals surface area contributed by atoms with Crippen molar-refractivity contribution in [3.8, 4) is 0 Å². The lowest BCUT2D eigenvalue weighted by molar-refractivity contribution is 0.579. The van der Waals surface area contributed by atoms with Crippen LogP contribution in [0.25, 0.3) is 11.0 Å². The van der Waals surface area contributed by atoms with Gasteiger partial charge in [0.1, 0.15) is 17.3 Å². The van der Waals surface area contributed by atoms with Gasteiger partial charge in [0, 0.05) is 116 Å². The van der Waals surface area contributed by atoms with Crippen LogP contribution in [0.5, 0.6) is 0 Å². The number of aromatic nitrogens is 8. The maximum absolute atomic E-state index is 14.6. The molecular formula is C46H45Br2F3N14. The minimum Gasteiger partial charge on any atom is -0.366 e. The van der Waals surface area contributed by atoms with Gasteiger partial charge >= 0.3 is 0 Å². The Labute approximate surface area is 390 Å². The first-order chi connectivity index (χ1) is 31.2. The van der Waals surface area contributed by atoms with Crippen LogP contribution in [0.1, 0.15) is 36.1 Å². The molecule has 0 bridgehead atoms. The van der Waals surface area contributed by atoms with Crippen molar-refractivity contribution >= 4 is 66.2 Å². The van der Waals surface area contributed by atoms with Gasteiger partial charge in [-0.05, 0) is 99.3 Å². The lowest BCUT2D eigenvalue weighted by Gasteiger charge is -2.36. The Balaban J connectivity index is 0.000000164. The molecule has 8 heterocycles. The van der Waals surface area contributed by atoms with Crippen molar-refractivity contribution in [1.29, 1.82) is 0 Å². The van der Waals surface area contributed by atoms with Crippen molar-refractivity contribution in [3.63, 3.8) is 0 Å². The Morgan fingerprint density at radius 2 is 0.923 bits per heavy atom. The third-order valence-corrected chi connectivity index (χ3v) is 13.0. The minimum atomic E-state index is -0.847. The normalized spacial score (nSPS) is 16.3. The Hall–Kier alpha value is -6.15. The van der Waals surface area contributed by atoms with Crippen LogP contribution in [0.3, 0.4) is 0 Å². The Morgan fingerprint density at radius 3 is 1.40 bits per heavy atom. The van der Waals surface area contributed by atoms with Gasteiger partial charge in [0.15, 0.2) is 5.82 Å². The molecule has 4 N–H and O–H groups in total. The molecule has 0 saturated carbocycles. The fourth-order valence-electron chi connectivity index (χ4n) is 8.25. The van der Waals surface area contributed by atoms with E-state index in [4.69, 9.17) is 11.5 Å². The molecule has 0 aliphatic carbocycles. The molecule has 65 heavy (non-hydrogen) atoms. The number of fused-ring (bicyclic) bond motifs is 2. The molecule has 2 fully saturated rings. The standard InChI is InChI=1S/C23H22BrF2N7.C23H23BrFN7/c1-23(27,15-2-4-18(25)5-3-15)16-11-28-22(29-12-16)32-8-6-31(7-9-32)21-19(26)13-30-33-14-17(24)10-20(21)33;1-23(26,16-2-4-19(25)5-3-16)17-13-27-22(28-14-17)31-10-8-30(9-11-31)20-6-7-29-32-15-18(24)12-21(20)32/h2-5,10-14H,6-9,27H2,1H3;2-7,12-15H,8-11,26H2,1H3/t2*23-/m00/s1. The number of anilines is 4. The molecular weight excluding hydrogens is 965 g/mol. The van der Waals surface area contributed by atoms with Crippen molar-refractivity contribution < 1.29 is 13.2 Å². The zero-order chi connectivity index (χ0) is 45.5. The van der Waals surface area contributed by atoms with Crippen molar-refractivity contribution in [1.82, 2.24) is 39.2 Å². The van der Waals surface area contributed by atoms with E-state index in [0.29, 0.717) is 43.8 Å². The highest BCUT2D eigenvalue weighted by molar-refractivity contribution is 9.10. The Bertz CT molecular complexity index is 2910. The largest absolute Gasteiger partial charge is 0.366 e. The molecule has 2 aromatic carbocycles. The van der Waals surface area contributed by atoms with E-state index in [9.17, 15) is 13.2 Å². The lowest BCUT2D eigenvalue weighted by atomic mass is 9.87. The van der Waals surface area contributed by atoms with Gasteiger partial charge in [0.05, 0.1) is 34.0 Å². The van der Waals surface area contributed by atoms with Crippen LogP contribution in [0.2, 0.25) is 0 Å². The summed E-state index contributed by atoms with van der Waals surface area (Å²) in [5.41, 5.74) is 18.0. The molecule has 2 aliphatic rings. The number of benzene rings is 2. The van der Waals surface area contributed by atoms with Gasteiger partial charge in [-0.2, -0.15) is 10.2 Å². The second-order valence-corrected chi connectivity index (χ2v) is 18.3. The Kier molecular flexibility index (Phi) is 12.2. The molecule has 0 unspecified atom stereocenters. The van der Waals surface area contributed by atoms with Gasteiger partial charge in [-0.15, -0.1) is 0 Å². The van der Waals surface area contributed by atoms with E-state index in [1.165, 1.54) is 36.1 Å². The molecule has 2 aliphatic heterocycles. The summed E-state index contributed by atoms with van der Waals surface area (Å²) in [5, 5.41) is 8.47. The van der Waals surface area contributed by atoms with Crippen LogP contribution in [0.15, 0.2) is 125 Å². The van der Waals surface area contributed by atoms with E-state index >= 15 is 0 Å². The predicted octanol–water partition coefficient (Wildman–Crippen LogP) is 7.29. The quantitative estimate of drug-likeness (QED) is 0.157. The van der Waals surface area contributed by atoms with Gasteiger partial charge < -0.3 is 31.1 Å². The Morgan fingerprint density at radius 1 is 0.508 bits per heavy atom. The van der Waals surface area contributed by atoms with Gasteiger partial charge in [0.25, 0.3) is 0 Å². The van der Waals surface area contributed by atoms with Gasteiger partial charge in [-0.1, -0.05) is 24.3 Å². The van der Waals surface area contributed by atoms with Gasteiger partial charge in [0.2, 0.25) is 11.9 Å². The summed E-state index contributed by atoms with van der Waals surface area (Å²) in [6, 6.07) is 18.3. The van der Waals surface area contributed by atoms with Crippen LogP contribution < -0.4 is 31.1 Å². The molecule has 0 spiro atoms. The topological polar surface area (TPSA) is 151 Å². The second-order valence-electron chi connectivity index (χ2n) is 16.4. The average Bonchev–Trinajstić information content (AvgIpc) is 3.90. The maximum Gasteiger partial charge on any atom is 0.225 e. The van der Waals surface area contributed by atoms with E-state index in [-0.39, 0.29) is 17.5 Å². The lowest BCUT2D eigenvalue weighted by Crippen LogP contribution is -2.47. The highest BCUT2D eigenvalue weighted by Crippen LogP contribution is 2.32. The van der Waals surface area contributed by atoms with Crippen molar-refractivity contribution in [3.05, 3.63) is 165 Å². The summed E-state index contributed by atoms with van der Waals surface area (Å²) in [6.07, 6.45) is 13.8. The molecule has 2 saturated heterocycles. The van der Waals surface area contributed by atoms with Gasteiger partial charge in [-0.3, -0.25) is 0 Å². The molecule has 6 aromatic heterocycles. The summed E-state index contributed by atoms with van der Waals surface area (Å²) in [6.45, 7) is 9.61. The van der Waals surface area contributed by atoms with Gasteiger partial charge in [-0.25, -0.2) is 42.1 Å². The highest BCUT2D eigenvalue weighted by Gasteiger charge is 2.29. The van der Waals surface area contributed by atoms with Crippen LogP contribution in [0, 0.1) is 17.5 Å². The third kappa shape index (κ3) is 9.10. The maximum atomic E-state index is 14.6. The van der Waals surface area contributed by atoms with Crippen LogP contribution in [-0.2, 0) is 11.1 Å². The number of halogens is 5. The summed E-state index contributed by atoms with van der Waals surface area (Å²) >= 11 is 6.96. The molecule has 0 amide bonds. The van der Waals surface area contributed by atoms with Crippen LogP contribution >= 0.6 is 31.9 Å². The molecule has 14 nitrogen and oxygen atoms in total. The van der Waals surface area contributed by atoms with E-state index in [1.54, 1.807) is 59.8 Å². The second kappa shape index (κ2) is 18.0. The zero-order valence-corrected chi connectivity index (χ0v) is 38.7. The molecule has 19 heteroatoms. The number of nitrogens with two attached hydrogens (primary N) is 2. The first kappa shape index (κ1) is 44.1. The summed E-state index contributed by atoms with van der Waals surface area (Å²) in [4.78, 5) is 26.9. The van der Waals surface area contributed by atoms with E-state index < -0.39 is 11.1 Å². The van der Waals surface area contributed by atoms with Crippen LogP contribution in [-0.4, -0.2) is 91.5 Å². The number of hydrogen-bond acceptors (Lipinski definition) is 12. The molecule has 2 atom stereocenters. The van der Waals surface area contributed by atoms with E-state index in [2.05, 4.69) is 88.8 Å². The molecule has 0 radical (unpaired) electrons. The first-order valence-electron chi connectivity index (χ1n) is 20.9. The van der Waals surface area contributed by atoms with E-state index in [0.717, 1.165) is 68.4 Å². The number of nitrogens with zero attached hydrogens (tertiary/aromatic N) is 12. The SMILES string of the molecule is C[C@](N)(c1ccc(F)cc1)c1cnc(N2CCN(c3c(F)cnn4cc(Br)cc34)CC2)nc1.C[C@](N)(c1ccc(F)cc1)c1cnc(N2CCN(c3ccnn4cc(Br)cc34)CC2)nc1. The fraction of sp³-hybridized carbons (Fsp3) is 0.261. The van der Waals surface area contributed by atoms with Crippen LogP contribution in [0.4, 0.5) is 36.4 Å². The monoisotopic (exact) mass is 1010 g/mol. The highest BCUT2D eigenvalue weighted by atomic mass is 79.9. The smallest absolute Gasteiger partial charge is 0.225 e. The number of hydrogen-bond donors (Lipinski definition) is 2. The first-order valence-corrected chi connectivity index (χ1v) is 22.5. The fourth-order valence-corrected chi connectivity index (χ4v) is 9.07. The number of rotatable bonds is 8. The van der Waals surface area contributed by atoms with E-state index in [1.807, 2.05) is 41.7 Å². The predicted molar refractivity (Wildman–Crippen MR) is 253 cm³/mol. The number of piperazine rings is 2. The average molecular weight is 1010 g/mol. The third-order valence-electron chi connectivity index (χ3n) is 12.1. The minimum absolute atomic E-state index is 0.285. The molecule has 8 aromatic rings.